The van der Waals surface area contributed by atoms with Crippen LogP contribution in [0.2, 0.25) is 0 Å². The first-order valence-corrected chi connectivity index (χ1v) is 12.8. The number of fused-ring (bicyclic) bond motifs is 3. The van der Waals surface area contributed by atoms with Crippen LogP contribution in [0.25, 0.3) is 11.8 Å². The number of hydrogen-bond donors (Lipinski definition) is 0. The highest BCUT2D eigenvalue weighted by Gasteiger charge is 2.32. The Bertz CT molecular complexity index is 1630. The second-order valence-corrected chi connectivity index (χ2v) is 10.3. The molecule has 4 aromatic rings. The van der Waals surface area contributed by atoms with Gasteiger partial charge in [0.25, 0.3) is 5.56 Å². The fraction of sp³-hybridized carbons (Fsp3) is 0.143. The summed E-state index contributed by atoms with van der Waals surface area (Å²) in [6, 6.07) is 24.3. The number of nitrogens with zero attached hydrogens (tertiary/aromatic N) is 2. The molecule has 34 heavy (non-hydrogen) atoms. The van der Waals surface area contributed by atoms with E-state index in [0.717, 1.165) is 44.7 Å². The summed E-state index contributed by atoms with van der Waals surface area (Å²) in [7, 11) is 1.65. The van der Waals surface area contributed by atoms with Gasteiger partial charge in [-0.2, -0.15) is 0 Å². The molecule has 3 aromatic carbocycles. The van der Waals surface area contributed by atoms with Gasteiger partial charge in [0.2, 0.25) is 0 Å². The largest absolute Gasteiger partial charge is 0.496 e. The average molecular weight is 529 g/mol. The van der Waals surface area contributed by atoms with E-state index in [-0.39, 0.29) is 11.6 Å². The summed E-state index contributed by atoms with van der Waals surface area (Å²) in [5.74, 6) is 0.742. The summed E-state index contributed by atoms with van der Waals surface area (Å²) in [4.78, 5) is 19.6. The van der Waals surface area contributed by atoms with Gasteiger partial charge < -0.3 is 4.74 Å². The SMILES string of the molecule is COc1ccccc1C=c1sc2n(c1=O)[C@@H](c1ccc(Br)cc1)C1=C(N=2)c2ccccc2CC1. The number of methoxy groups -OCH3 is 1. The van der Waals surface area contributed by atoms with Gasteiger partial charge in [-0.3, -0.25) is 9.36 Å². The lowest BCUT2D eigenvalue weighted by Gasteiger charge is -2.30. The van der Waals surface area contributed by atoms with Crippen molar-refractivity contribution in [3.63, 3.8) is 0 Å². The van der Waals surface area contributed by atoms with Crippen molar-refractivity contribution in [3.05, 3.63) is 125 Å². The summed E-state index contributed by atoms with van der Waals surface area (Å²) in [6.07, 6.45) is 3.74. The molecule has 2 aliphatic rings. The number of ether oxygens (including phenoxy) is 1. The molecule has 2 heterocycles. The van der Waals surface area contributed by atoms with Crippen LogP contribution in [0.5, 0.6) is 5.75 Å². The number of halogens is 1. The number of rotatable bonds is 3. The van der Waals surface area contributed by atoms with Crippen molar-refractivity contribution in [1.82, 2.24) is 4.57 Å². The molecule has 6 heteroatoms. The predicted molar refractivity (Wildman–Crippen MR) is 140 cm³/mol. The summed E-state index contributed by atoms with van der Waals surface area (Å²) < 4.78 is 9.05. The number of benzene rings is 3. The Morgan fingerprint density at radius 2 is 1.79 bits per heavy atom. The second kappa shape index (κ2) is 8.53. The van der Waals surface area contributed by atoms with Crippen LogP contribution >= 0.6 is 27.3 Å². The van der Waals surface area contributed by atoms with E-state index in [1.165, 1.54) is 28.0 Å². The zero-order chi connectivity index (χ0) is 23.2. The first-order valence-electron chi connectivity index (χ1n) is 11.2. The van der Waals surface area contributed by atoms with E-state index < -0.39 is 0 Å². The summed E-state index contributed by atoms with van der Waals surface area (Å²) >= 11 is 4.98. The van der Waals surface area contributed by atoms with E-state index in [0.29, 0.717) is 4.53 Å². The minimum atomic E-state index is -0.174. The molecule has 0 saturated carbocycles. The molecule has 0 bridgehead atoms. The molecule has 0 fully saturated rings. The van der Waals surface area contributed by atoms with Crippen LogP contribution < -0.4 is 19.6 Å². The molecule has 0 unspecified atom stereocenters. The average Bonchev–Trinajstić information content (AvgIpc) is 3.18. The Hall–Kier alpha value is -3.22. The van der Waals surface area contributed by atoms with Crippen LogP contribution in [0, 0.1) is 0 Å². The van der Waals surface area contributed by atoms with Gasteiger partial charge in [0.15, 0.2) is 4.80 Å². The minimum Gasteiger partial charge on any atom is -0.496 e. The standard InChI is InChI=1S/C28H21BrN2O2S/c1-33-23-9-5-3-7-19(23)16-24-27(32)31-26(18-10-13-20(29)14-11-18)22-15-12-17-6-2-4-8-21(17)25(22)30-28(31)34-24/h2-11,13-14,16,26H,12,15H2,1H3/t26-/m0/s1. The minimum absolute atomic E-state index is 0.0204. The number of hydrogen-bond acceptors (Lipinski definition) is 4. The van der Waals surface area contributed by atoms with Crippen molar-refractivity contribution in [3.8, 4) is 5.75 Å². The molecule has 168 valence electrons. The maximum Gasteiger partial charge on any atom is 0.271 e. The Morgan fingerprint density at radius 3 is 2.62 bits per heavy atom. The van der Waals surface area contributed by atoms with Gasteiger partial charge in [0, 0.05) is 15.6 Å². The number of aryl methyl sites for hydroxylation is 1. The van der Waals surface area contributed by atoms with E-state index in [4.69, 9.17) is 9.73 Å². The summed E-state index contributed by atoms with van der Waals surface area (Å²) in [5.41, 5.74) is 6.66. The maximum absolute atomic E-state index is 13.8. The van der Waals surface area contributed by atoms with Gasteiger partial charge in [0.05, 0.1) is 23.4 Å². The van der Waals surface area contributed by atoms with Gasteiger partial charge in [-0.25, -0.2) is 4.99 Å². The third kappa shape index (κ3) is 3.49. The molecule has 0 amide bonds. The van der Waals surface area contributed by atoms with E-state index in [1.54, 1.807) is 7.11 Å². The van der Waals surface area contributed by atoms with Crippen molar-refractivity contribution < 1.29 is 4.74 Å². The molecule has 0 radical (unpaired) electrons. The molecule has 6 rings (SSSR count). The van der Waals surface area contributed by atoms with Crippen LogP contribution in [0.4, 0.5) is 0 Å². The van der Waals surface area contributed by atoms with E-state index in [1.807, 2.05) is 47.0 Å². The number of allylic oxidation sites excluding steroid dienone is 1. The Morgan fingerprint density at radius 1 is 1.03 bits per heavy atom. The van der Waals surface area contributed by atoms with Crippen molar-refractivity contribution in [1.29, 1.82) is 0 Å². The Balaban J connectivity index is 1.63. The van der Waals surface area contributed by atoms with Crippen LogP contribution in [-0.4, -0.2) is 11.7 Å². The van der Waals surface area contributed by atoms with Crippen LogP contribution in [0.15, 0.2) is 92.6 Å². The molecule has 0 saturated heterocycles. The van der Waals surface area contributed by atoms with Crippen LogP contribution in [-0.2, 0) is 6.42 Å². The van der Waals surface area contributed by atoms with E-state index in [9.17, 15) is 4.79 Å². The predicted octanol–water partition coefficient (Wildman–Crippen LogP) is 5.09. The lowest BCUT2D eigenvalue weighted by molar-refractivity contribution is 0.414. The molecule has 1 aliphatic heterocycles. The number of aromatic nitrogens is 1. The van der Waals surface area contributed by atoms with Crippen molar-refractivity contribution in [2.75, 3.05) is 7.11 Å². The first kappa shape index (κ1) is 21.3. The number of para-hydroxylation sites is 1. The fourth-order valence-electron chi connectivity index (χ4n) is 4.89. The molecule has 4 nitrogen and oxygen atoms in total. The van der Waals surface area contributed by atoms with Crippen molar-refractivity contribution in [2.45, 2.75) is 18.9 Å². The zero-order valence-corrected chi connectivity index (χ0v) is 20.9. The molecular weight excluding hydrogens is 508 g/mol. The van der Waals surface area contributed by atoms with Crippen molar-refractivity contribution in [2.24, 2.45) is 4.99 Å². The monoisotopic (exact) mass is 528 g/mol. The molecule has 0 N–H and O–H groups in total. The molecule has 1 aromatic heterocycles. The van der Waals surface area contributed by atoms with E-state index in [2.05, 4.69) is 52.3 Å². The second-order valence-electron chi connectivity index (χ2n) is 8.41. The molecule has 1 atom stereocenters. The highest BCUT2D eigenvalue weighted by atomic mass is 79.9. The maximum atomic E-state index is 13.8. The van der Waals surface area contributed by atoms with E-state index >= 15 is 0 Å². The first-order chi connectivity index (χ1) is 16.6. The van der Waals surface area contributed by atoms with Gasteiger partial charge in [-0.15, -0.1) is 0 Å². The van der Waals surface area contributed by atoms with Crippen molar-refractivity contribution >= 4 is 39.0 Å². The highest BCUT2D eigenvalue weighted by Crippen LogP contribution is 2.41. The van der Waals surface area contributed by atoms with Crippen LogP contribution in [0.1, 0.15) is 34.7 Å². The third-order valence-electron chi connectivity index (χ3n) is 6.48. The lowest BCUT2D eigenvalue weighted by Crippen LogP contribution is -2.38. The smallest absolute Gasteiger partial charge is 0.271 e. The summed E-state index contributed by atoms with van der Waals surface area (Å²) in [5, 5.41) is 0. The Kier molecular flexibility index (Phi) is 5.35. The topological polar surface area (TPSA) is 43.6 Å². The van der Waals surface area contributed by atoms with Crippen LogP contribution in [0.3, 0.4) is 0 Å². The fourth-order valence-corrected chi connectivity index (χ4v) is 6.15. The zero-order valence-electron chi connectivity index (χ0n) is 18.5. The number of thiazole rings is 1. The van der Waals surface area contributed by atoms with Gasteiger partial charge in [0.1, 0.15) is 5.75 Å². The molecule has 0 spiro atoms. The van der Waals surface area contributed by atoms with Gasteiger partial charge in [-0.1, -0.05) is 81.9 Å². The Labute approximate surface area is 209 Å². The normalized spacial score (nSPS) is 17.0. The van der Waals surface area contributed by atoms with Gasteiger partial charge >= 0.3 is 0 Å². The molecular formula is C28H21BrN2O2S. The lowest BCUT2D eigenvalue weighted by atomic mass is 9.83. The van der Waals surface area contributed by atoms with Gasteiger partial charge in [-0.05, 0) is 53.8 Å². The quantitative estimate of drug-likeness (QED) is 0.371. The summed E-state index contributed by atoms with van der Waals surface area (Å²) in [6.45, 7) is 0. The third-order valence-corrected chi connectivity index (χ3v) is 8.00. The molecule has 1 aliphatic carbocycles. The highest BCUT2D eigenvalue weighted by molar-refractivity contribution is 9.10.